The van der Waals surface area contributed by atoms with E-state index in [0.29, 0.717) is 22.8 Å². The third kappa shape index (κ3) is 3.77. The molecule has 4 rings (SSSR count). The second-order valence-electron chi connectivity index (χ2n) is 7.58. The van der Waals surface area contributed by atoms with E-state index in [2.05, 4.69) is 6.92 Å². The lowest BCUT2D eigenvalue weighted by Crippen LogP contribution is -2.42. The van der Waals surface area contributed by atoms with Crippen molar-refractivity contribution in [3.05, 3.63) is 60.3 Å². The first-order valence-electron chi connectivity index (χ1n) is 10.3. The van der Waals surface area contributed by atoms with Gasteiger partial charge in [0.2, 0.25) is 0 Å². The van der Waals surface area contributed by atoms with Gasteiger partial charge >= 0.3 is 0 Å². The van der Waals surface area contributed by atoms with Crippen molar-refractivity contribution in [2.45, 2.75) is 32.2 Å². The summed E-state index contributed by atoms with van der Waals surface area (Å²) >= 11 is 0. The number of carbonyl (C=O) groups is 1. The number of methoxy groups -OCH3 is 2. The molecule has 1 fully saturated rings. The van der Waals surface area contributed by atoms with Crippen LogP contribution in [0.15, 0.2) is 54.7 Å². The van der Waals surface area contributed by atoms with E-state index in [1.165, 1.54) is 0 Å². The number of carbonyl (C=O) groups excluding carboxylic acids is 1. The summed E-state index contributed by atoms with van der Waals surface area (Å²) in [6.07, 6.45) is 5.07. The summed E-state index contributed by atoms with van der Waals surface area (Å²) in [5.41, 5.74) is 2.96. The van der Waals surface area contributed by atoms with E-state index in [0.717, 1.165) is 37.1 Å². The van der Waals surface area contributed by atoms with Crippen LogP contribution in [0.1, 0.15) is 36.5 Å². The van der Waals surface area contributed by atoms with Gasteiger partial charge in [0.15, 0.2) is 11.5 Å². The number of hydrogen-bond donors (Lipinski definition) is 0. The van der Waals surface area contributed by atoms with Crippen molar-refractivity contribution in [3.63, 3.8) is 0 Å². The van der Waals surface area contributed by atoms with Crippen molar-refractivity contribution in [3.8, 4) is 28.4 Å². The van der Waals surface area contributed by atoms with E-state index in [-0.39, 0.29) is 11.9 Å². The van der Waals surface area contributed by atoms with Crippen LogP contribution in [0.5, 0.6) is 11.5 Å². The third-order valence-electron chi connectivity index (χ3n) is 5.69. The van der Waals surface area contributed by atoms with Gasteiger partial charge in [0.25, 0.3) is 5.91 Å². The van der Waals surface area contributed by atoms with E-state index < -0.39 is 0 Å². The highest BCUT2D eigenvalue weighted by Crippen LogP contribution is 2.34. The molecular formula is C24H27N3O3. The molecule has 1 atom stereocenters. The molecule has 3 aromatic rings. The normalized spacial score (nSPS) is 16.4. The molecule has 0 N–H and O–H groups in total. The predicted molar refractivity (Wildman–Crippen MR) is 116 cm³/mol. The van der Waals surface area contributed by atoms with Crippen LogP contribution in [-0.2, 0) is 0 Å². The van der Waals surface area contributed by atoms with Crippen LogP contribution in [0.2, 0.25) is 0 Å². The van der Waals surface area contributed by atoms with Crippen molar-refractivity contribution >= 4 is 5.91 Å². The molecule has 2 aromatic carbocycles. The summed E-state index contributed by atoms with van der Waals surface area (Å²) in [4.78, 5) is 15.5. The van der Waals surface area contributed by atoms with E-state index in [1.54, 1.807) is 18.9 Å². The summed E-state index contributed by atoms with van der Waals surface area (Å²) in [5, 5.41) is 4.80. The van der Waals surface area contributed by atoms with Crippen LogP contribution in [0.4, 0.5) is 0 Å². The van der Waals surface area contributed by atoms with Gasteiger partial charge in [0.1, 0.15) is 5.69 Å². The molecule has 0 radical (unpaired) electrons. The first-order chi connectivity index (χ1) is 14.6. The zero-order valence-corrected chi connectivity index (χ0v) is 17.7. The number of rotatable bonds is 5. The fraction of sp³-hybridized carbons (Fsp3) is 0.333. The van der Waals surface area contributed by atoms with Crippen LogP contribution < -0.4 is 9.47 Å². The van der Waals surface area contributed by atoms with Crippen LogP contribution >= 0.6 is 0 Å². The SMILES string of the molecule is COc1ccc(-c2nn(-c3ccccc3)cc2C(=O)N2CCCCC2C)cc1OC. The van der Waals surface area contributed by atoms with Crippen molar-refractivity contribution in [1.29, 1.82) is 0 Å². The highest BCUT2D eigenvalue weighted by atomic mass is 16.5. The van der Waals surface area contributed by atoms with E-state index >= 15 is 0 Å². The van der Waals surface area contributed by atoms with Crippen molar-refractivity contribution < 1.29 is 14.3 Å². The average Bonchev–Trinajstić information content (AvgIpc) is 3.24. The minimum Gasteiger partial charge on any atom is -0.493 e. The molecule has 30 heavy (non-hydrogen) atoms. The highest BCUT2D eigenvalue weighted by molar-refractivity contribution is 6.00. The minimum absolute atomic E-state index is 0.0224. The maximum atomic E-state index is 13.5. The van der Waals surface area contributed by atoms with E-state index in [1.807, 2.05) is 59.6 Å². The molecule has 1 aliphatic rings. The fourth-order valence-electron chi connectivity index (χ4n) is 3.99. The molecule has 1 unspecified atom stereocenters. The first-order valence-corrected chi connectivity index (χ1v) is 10.3. The van der Waals surface area contributed by atoms with Gasteiger partial charge in [0, 0.05) is 24.3 Å². The van der Waals surface area contributed by atoms with Gasteiger partial charge in [-0.3, -0.25) is 4.79 Å². The maximum absolute atomic E-state index is 13.5. The fourth-order valence-corrected chi connectivity index (χ4v) is 3.99. The number of hydrogen-bond acceptors (Lipinski definition) is 4. The minimum atomic E-state index is 0.0224. The second-order valence-corrected chi connectivity index (χ2v) is 7.58. The Morgan fingerprint density at radius 3 is 2.50 bits per heavy atom. The quantitative estimate of drug-likeness (QED) is 0.624. The van der Waals surface area contributed by atoms with Gasteiger partial charge in [-0.15, -0.1) is 0 Å². The topological polar surface area (TPSA) is 56.6 Å². The largest absolute Gasteiger partial charge is 0.493 e. The van der Waals surface area contributed by atoms with Crippen LogP contribution in [0.3, 0.4) is 0 Å². The lowest BCUT2D eigenvalue weighted by atomic mass is 10.0. The van der Waals surface area contributed by atoms with Gasteiger partial charge < -0.3 is 14.4 Å². The maximum Gasteiger partial charge on any atom is 0.257 e. The number of para-hydroxylation sites is 1. The molecule has 1 amide bonds. The van der Waals surface area contributed by atoms with Crippen LogP contribution in [-0.4, -0.2) is 47.4 Å². The molecule has 1 aliphatic heterocycles. The number of aromatic nitrogens is 2. The molecule has 156 valence electrons. The Bertz CT molecular complexity index is 1030. The monoisotopic (exact) mass is 405 g/mol. The first kappa shape index (κ1) is 20.0. The molecule has 6 nitrogen and oxygen atoms in total. The standard InChI is InChI=1S/C24H27N3O3/c1-17-9-7-8-14-26(17)24(28)20-16-27(19-10-5-4-6-11-19)25-23(20)18-12-13-21(29-2)22(15-18)30-3/h4-6,10-13,15-17H,7-9,14H2,1-3H3. The molecule has 0 spiro atoms. The van der Waals surface area contributed by atoms with Gasteiger partial charge in [-0.05, 0) is 56.5 Å². The molecule has 1 saturated heterocycles. The Morgan fingerprint density at radius 1 is 1.03 bits per heavy atom. The Labute approximate surface area is 177 Å². The van der Waals surface area contributed by atoms with Gasteiger partial charge in [-0.25, -0.2) is 4.68 Å². The number of benzene rings is 2. The molecule has 2 heterocycles. The number of ether oxygens (including phenoxy) is 2. The van der Waals surface area contributed by atoms with Gasteiger partial charge in [-0.1, -0.05) is 18.2 Å². The summed E-state index contributed by atoms with van der Waals surface area (Å²) < 4.78 is 12.6. The molecule has 0 saturated carbocycles. The lowest BCUT2D eigenvalue weighted by Gasteiger charge is -2.33. The highest BCUT2D eigenvalue weighted by Gasteiger charge is 2.28. The Balaban J connectivity index is 1.82. The molecule has 1 aromatic heterocycles. The Morgan fingerprint density at radius 2 is 1.80 bits per heavy atom. The van der Waals surface area contributed by atoms with E-state index in [4.69, 9.17) is 14.6 Å². The third-order valence-corrected chi connectivity index (χ3v) is 5.69. The molecule has 0 bridgehead atoms. The molecule has 6 heteroatoms. The van der Waals surface area contributed by atoms with Crippen molar-refractivity contribution in [2.75, 3.05) is 20.8 Å². The molecular weight excluding hydrogens is 378 g/mol. The van der Waals surface area contributed by atoms with Crippen molar-refractivity contribution in [2.24, 2.45) is 0 Å². The summed E-state index contributed by atoms with van der Waals surface area (Å²) in [6.45, 7) is 2.90. The number of piperidine rings is 1. The van der Waals surface area contributed by atoms with Gasteiger partial charge in [-0.2, -0.15) is 5.10 Å². The van der Waals surface area contributed by atoms with Crippen molar-refractivity contribution in [1.82, 2.24) is 14.7 Å². The zero-order chi connectivity index (χ0) is 21.1. The number of nitrogens with zero attached hydrogens (tertiary/aromatic N) is 3. The Kier molecular flexibility index (Phi) is 5.74. The summed E-state index contributed by atoms with van der Waals surface area (Å²) in [6, 6.07) is 15.7. The number of amides is 1. The zero-order valence-electron chi connectivity index (χ0n) is 17.7. The Hall–Kier alpha value is -3.28. The molecule has 0 aliphatic carbocycles. The van der Waals surface area contributed by atoms with E-state index in [9.17, 15) is 4.79 Å². The lowest BCUT2D eigenvalue weighted by molar-refractivity contribution is 0.0636. The number of likely N-dealkylation sites (tertiary alicyclic amines) is 1. The van der Waals surface area contributed by atoms with Crippen LogP contribution in [0, 0.1) is 0 Å². The van der Waals surface area contributed by atoms with Gasteiger partial charge in [0.05, 0.1) is 25.5 Å². The summed E-state index contributed by atoms with van der Waals surface area (Å²) in [7, 11) is 3.21. The smallest absolute Gasteiger partial charge is 0.257 e. The average molecular weight is 405 g/mol. The predicted octanol–water partition coefficient (Wildman–Crippen LogP) is 4.57. The van der Waals surface area contributed by atoms with Crippen LogP contribution in [0.25, 0.3) is 16.9 Å². The summed E-state index contributed by atoms with van der Waals surface area (Å²) in [5.74, 6) is 1.27. The second kappa shape index (κ2) is 8.61.